The van der Waals surface area contributed by atoms with Crippen LogP contribution in [-0.2, 0) is 22.6 Å². The average molecular weight is 499 g/mol. The Bertz CT molecular complexity index is 1170. The number of nitrogens with zero attached hydrogens (tertiary/aromatic N) is 1. The van der Waals surface area contributed by atoms with Gasteiger partial charge in [0, 0.05) is 28.5 Å². The SMILES string of the molecule is CC[C@@H](C(=O)NC(C)(C)C)N(Cc1ccc(Cl)cc1Cl)C(=O)CCc1cccc2ccccc12. The normalized spacial score (nSPS) is 12.4. The third-order valence-corrected chi connectivity index (χ3v) is 6.32. The third-order valence-electron chi connectivity index (χ3n) is 5.73. The number of hydrogen-bond acceptors (Lipinski definition) is 2. The molecule has 2 amide bonds. The number of aryl methyl sites for hydroxylation is 1. The topological polar surface area (TPSA) is 49.4 Å². The van der Waals surface area contributed by atoms with E-state index in [1.807, 2.05) is 52.0 Å². The van der Waals surface area contributed by atoms with Crippen LogP contribution in [0.25, 0.3) is 10.8 Å². The van der Waals surface area contributed by atoms with E-state index in [1.54, 1.807) is 17.0 Å². The van der Waals surface area contributed by atoms with Crippen LogP contribution in [0, 0.1) is 0 Å². The lowest BCUT2D eigenvalue weighted by Gasteiger charge is -2.33. The predicted octanol–water partition coefficient (Wildman–Crippen LogP) is 6.80. The molecule has 0 bridgehead atoms. The smallest absolute Gasteiger partial charge is 0.243 e. The zero-order valence-corrected chi connectivity index (χ0v) is 21.7. The summed E-state index contributed by atoms with van der Waals surface area (Å²) in [6.45, 7) is 7.95. The molecule has 0 fully saturated rings. The zero-order valence-electron chi connectivity index (χ0n) is 20.2. The predicted molar refractivity (Wildman–Crippen MR) is 141 cm³/mol. The molecule has 0 heterocycles. The Labute approximate surface area is 212 Å². The number of fused-ring (bicyclic) bond motifs is 1. The van der Waals surface area contributed by atoms with Crippen LogP contribution in [0.15, 0.2) is 60.7 Å². The van der Waals surface area contributed by atoms with Crippen molar-refractivity contribution in [3.05, 3.63) is 81.8 Å². The van der Waals surface area contributed by atoms with Crippen LogP contribution in [0.4, 0.5) is 0 Å². The second-order valence-corrected chi connectivity index (χ2v) is 10.4. The Morgan fingerprint density at radius 3 is 2.35 bits per heavy atom. The van der Waals surface area contributed by atoms with Gasteiger partial charge in [0.05, 0.1) is 0 Å². The van der Waals surface area contributed by atoms with Gasteiger partial charge in [0.15, 0.2) is 0 Å². The van der Waals surface area contributed by atoms with Crippen molar-refractivity contribution in [1.82, 2.24) is 10.2 Å². The molecule has 3 aromatic carbocycles. The first kappa shape index (κ1) is 26.1. The van der Waals surface area contributed by atoms with E-state index >= 15 is 0 Å². The van der Waals surface area contributed by atoms with Gasteiger partial charge in [-0.15, -0.1) is 0 Å². The lowest BCUT2D eigenvalue weighted by Crippen LogP contribution is -2.53. The van der Waals surface area contributed by atoms with E-state index in [9.17, 15) is 9.59 Å². The van der Waals surface area contributed by atoms with Crippen LogP contribution >= 0.6 is 23.2 Å². The molecule has 180 valence electrons. The van der Waals surface area contributed by atoms with Crippen LogP contribution in [0.2, 0.25) is 10.0 Å². The van der Waals surface area contributed by atoms with Crippen LogP contribution in [0.5, 0.6) is 0 Å². The van der Waals surface area contributed by atoms with E-state index in [0.717, 1.165) is 21.9 Å². The Hall–Kier alpha value is -2.56. The van der Waals surface area contributed by atoms with E-state index < -0.39 is 11.6 Å². The fourth-order valence-electron chi connectivity index (χ4n) is 4.10. The van der Waals surface area contributed by atoms with E-state index in [2.05, 4.69) is 29.6 Å². The highest BCUT2D eigenvalue weighted by Gasteiger charge is 2.30. The van der Waals surface area contributed by atoms with Crippen molar-refractivity contribution in [3.63, 3.8) is 0 Å². The maximum atomic E-state index is 13.6. The lowest BCUT2D eigenvalue weighted by molar-refractivity contribution is -0.142. The zero-order chi connectivity index (χ0) is 24.9. The minimum absolute atomic E-state index is 0.0881. The van der Waals surface area contributed by atoms with Gasteiger partial charge in [-0.05, 0) is 67.6 Å². The molecule has 0 spiro atoms. The summed E-state index contributed by atoms with van der Waals surface area (Å²) in [5, 5.41) is 6.32. The summed E-state index contributed by atoms with van der Waals surface area (Å²) >= 11 is 12.5. The molecule has 0 aromatic heterocycles. The summed E-state index contributed by atoms with van der Waals surface area (Å²) in [5.41, 5.74) is 1.47. The highest BCUT2D eigenvalue weighted by molar-refractivity contribution is 6.35. The number of benzene rings is 3. The second-order valence-electron chi connectivity index (χ2n) is 9.56. The van der Waals surface area contributed by atoms with Gasteiger partial charge in [-0.3, -0.25) is 9.59 Å². The first-order chi connectivity index (χ1) is 16.1. The van der Waals surface area contributed by atoms with Gasteiger partial charge >= 0.3 is 0 Å². The van der Waals surface area contributed by atoms with Gasteiger partial charge in [-0.1, -0.05) is 78.7 Å². The molecule has 6 heteroatoms. The van der Waals surface area contributed by atoms with E-state index in [0.29, 0.717) is 29.3 Å². The first-order valence-electron chi connectivity index (χ1n) is 11.6. The van der Waals surface area contributed by atoms with Crippen LogP contribution in [0.1, 0.15) is 51.7 Å². The van der Waals surface area contributed by atoms with Crippen LogP contribution < -0.4 is 5.32 Å². The molecule has 0 saturated heterocycles. The maximum Gasteiger partial charge on any atom is 0.243 e. The van der Waals surface area contributed by atoms with Crippen molar-refractivity contribution in [1.29, 1.82) is 0 Å². The molecule has 34 heavy (non-hydrogen) atoms. The number of amides is 2. The molecule has 0 radical (unpaired) electrons. The third kappa shape index (κ3) is 6.74. The van der Waals surface area contributed by atoms with E-state index in [1.165, 1.54) is 0 Å². The lowest BCUT2D eigenvalue weighted by atomic mass is 10.00. The maximum absolute atomic E-state index is 13.6. The molecule has 0 aliphatic heterocycles. The Morgan fingerprint density at radius 1 is 0.971 bits per heavy atom. The molecule has 0 unspecified atom stereocenters. The minimum Gasteiger partial charge on any atom is -0.350 e. The molecule has 0 saturated carbocycles. The van der Waals surface area contributed by atoms with Crippen molar-refractivity contribution in [2.24, 2.45) is 0 Å². The summed E-state index contributed by atoms with van der Waals surface area (Å²) in [5.74, 6) is -0.256. The van der Waals surface area contributed by atoms with Crippen molar-refractivity contribution in [2.45, 2.75) is 65.1 Å². The standard InChI is InChI=1S/C28H32Cl2N2O2/c1-5-25(27(34)31-28(2,3)4)32(18-21-13-15-22(29)17-24(21)30)26(33)16-14-20-11-8-10-19-9-6-7-12-23(19)20/h6-13,15,17,25H,5,14,16,18H2,1-4H3,(H,31,34)/t25-/m0/s1. The molecule has 0 aliphatic rings. The molecule has 3 aromatic rings. The van der Waals surface area contributed by atoms with Crippen molar-refractivity contribution < 1.29 is 9.59 Å². The largest absolute Gasteiger partial charge is 0.350 e. The molecular weight excluding hydrogens is 467 g/mol. The summed E-state index contributed by atoms with van der Waals surface area (Å²) in [4.78, 5) is 28.4. The minimum atomic E-state index is -0.606. The summed E-state index contributed by atoms with van der Waals surface area (Å²) < 4.78 is 0. The molecule has 3 rings (SSSR count). The van der Waals surface area contributed by atoms with Gasteiger partial charge in [0.1, 0.15) is 6.04 Å². The number of hydrogen-bond donors (Lipinski definition) is 1. The van der Waals surface area contributed by atoms with Gasteiger partial charge in [-0.2, -0.15) is 0 Å². The quantitative estimate of drug-likeness (QED) is 0.371. The first-order valence-corrected chi connectivity index (χ1v) is 12.4. The highest BCUT2D eigenvalue weighted by atomic mass is 35.5. The summed E-state index contributed by atoms with van der Waals surface area (Å²) in [6.07, 6.45) is 1.37. The summed E-state index contributed by atoms with van der Waals surface area (Å²) in [7, 11) is 0. The van der Waals surface area contributed by atoms with Crippen LogP contribution in [-0.4, -0.2) is 28.3 Å². The molecule has 0 aliphatic carbocycles. The fraction of sp³-hybridized carbons (Fsp3) is 0.357. The van der Waals surface area contributed by atoms with Crippen LogP contribution in [0.3, 0.4) is 0 Å². The summed E-state index contributed by atoms with van der Waals surface area (Å²) in [6, 6.07) is 18.9. The van der Waals surface area contributed by atoms with E-state index in [-0.39, 0.29) is 18.4 Å². The molecular formula is C28H32Cl2N2O2. The Morgan fingerprint density at radius 2 is 1.68 bits per heavy atom. The number of carbonyl (C=O) groups excluding carboxylic acids is 2. The molecule has 1 N–H and O–H groups in total. The Balaban J connectivity index is 1.87. The number of halogens is 2. The van der Waals surface area contributed by atoms with Gasteiger partial charge in [0.25, 0.3) is 0 Å². The van der Waals surface area contributed by atoms with Gasteiger partial charge in [0.2, 0.25) is 11.8 Å². The number of rotatable bonds is 8. The fourth-order valence-corrected chi connectivity index (χ4v) is 4.57. The van der Waals surface area contributed by atoms with Crippen molar-refractivity contribution in [2.75, 3.05) is 0 Å². The van der Waals surface area contributed by atoms with Gasteiger partial charge in [-0.25, -0.2) is 0 Å². The van der Waals surface area contributed by atoms with E-state index in [4.69, 9.17) is 23.2 Å². The van der Waals surface area contributed by atoms with Crippen molar-refractivity contribution >= 4 is 45.8 Å². The molecule has 1 atom stereocenters. The van der Waals surface area contributed by atoms with Crippen molar-refractivity contribution in [3.8, 4) is 0 Å². The number of carbonyl (C=O) groups is 2. The monoisotopic (exact) mass is 498 g/mol. The Kier molecular flexibility index (Phi) is 8.62. The highest BCUT2D eigenvalue weighted by Crippen LogP contribution is 2.25. The number of nitrogens with one attached hydrogen (secondary N) is 1. The second kappa shape index (κ2) is 11.2. The average Bonchev–Trinajstić information content (AvgIpc) is 2.77. The van der Waals surface area contributed by atoms with Gasteiger partial charge < -0.3 is 10.2 Å². The molecule has 4 nitrogen and oxygen atoms in total.